The van der Waals surface area contributed by atoms with E-state index in [1.54, 1.807) is 0 Å². The second kappa shape index (κ2) is 6.42. The zero-order chi connectivity index (χ0) is 17.1. The van der Waals surface area contributed by atoms with E-state index in [1.807, 2.05) is 0 Å². The number of carbonyl (C=O) groups excluding carboxylic acids is 1. The van der Waals surface area contributed by atoms with Gasteiger partial charge in [-0.25, -0.2) is 9.79 Å². The molecule has 0 unspecified atom stereocenters. The molecule has 2 rings (SSSR count). The Labute approximate surface area is 128 Å². The maximum absolute atomic E-state index is 12.9. The summed E-state index contributed by atoms with van der Waals surface area (Å²) in [5.41, 5.74) is 1.78. The number of hydrogen-bond acceptors (Lipinski definition) is 7. The van der Waals surface area contributed by atoms with Gasteiger partial charge in [-0.1, -0.05) is 12.1 Å². The van der Waals surface area contributed by atoms with Crippen molar-refractivity contribution in [3.8, 4) is 0 Å². The Balaban J connectivity index is 2.20. The summed E-state index contributed by atoms with van der Waals surface area (Å²) in [7, 11) is 0. The van der Waals surface area contributed by atoms with Gasteiger partial charge < -0.3 is 14.9 Å². The highest BCUT2D eigenvalue weighted by atomic mass is 19.4. The lowest BCUT2D eigenvalue weighted by molar-refractivity contribution is -0.140. The number of nitrogens with one attached hydrogen (secondary N) is 2. The molecule has 0 radical (unpaired) electrons. The van der Waals surface area contributed by atoms with E-state index in [1.165, 1.54) is 12.1 Å². The number of aliphatic hydroxyl groups excluding tert-OH is 2. The van der Waals surface area contributed by atoms with Crippen molar-refractivity contribution in [1.29, 1.82) is 0 Å². The van der Waals surface area contributed by atoms with Crippen LogP contribution in [0.4, 0.5) is 18.9 Å². The van der Waals surface area contributed by atoms with Crippen molar-refractivity contribution in [2.75, 3.05) is 25.2 Å². The number of amidine groups is 1. The monoisotopic (exact) mass is 333 g/mol. The van der Waals surface area contributed by atoms with Crippen molar-refractivity contribution in [2.24, 2.45) is 4.99 Å². The molecule has 0 atom stereocenters. The number of alkyl halides is 3. The number of cyclic esters (lactones) is 1. The third-order valence-corrected chi connectivity index (χ3v) is 3.15. The molecule has 23 heavy (non-hydrogen) atoms. The van der Waals surface area contributed by atoms with Gasteiger partial charge in [0, 0.05) is 0 Å². The van der Waals surface area contributed by atoms with E-state index in [-0.39, 0.29) is 12.3 Å². The highest BCUT2D eigenvalue weighted by Gasteiger charge is 2.37. The summed E-state index contributed by atoms with van der Waals surface area (Å²) in [5, 5.41) is 18.5. The fraction of sp³-hybridized carbons (Fsp3) is 0.385. The molecule has 1 aliphatic heterocycles. The number of hydrazine groups is 1. The normalized spacial score (nSPS) is 17.3. The highest BCUT2D eigenvalue weighted by Crippen LogP contribution is 2.34. The first-order chi connectivity index (χ1) is 10.8. The number of halogens is 3. The lowest BCUT2D eigenvalue weighted by Crippen LogP contribution is -2.51. The zero-order valence-electron chi connectivity index (χ0n) is 11.7. The van der Waals surface area contributed by atoms with E-state index in [0.29, 0.717) is 0 Å². The van der Waals surface area contributed by atoms with Gasteiger partial charge >= 0.3 is 12.1 Å². The Morgan fingerprint density at radius 3 is 2.48 bits per heavy atom. The van der Waals surface area contributed by atoms with Gasteiger partial charge in [0.2, 0.25) is 5.84 Å². The molecular weight excluding hydrogens is 319 g/mol. The Kier molecular flexibility index (Phi) is 4.76. The van der Waals surface area contributed by atoms with E-state index < -0.39 is 42.3 Å². The van der Waals surface area contributed by atoms with Gasteiger partial charge in [0.15, 0.2) is 0 Å². The molecule has 1 aliphatic rings. The Hall–Kier alpha value is -2.33. The Morgan fingerprint density at radius 2 is 1.87 bits per heavy atom. The second-order valence-electron chi connectivity index (χ2n) is 4.87. The predicted octanol–water partition coefficient (Wildman–Crippen LogP) is 0.301. The van der Waals surface area contributed by atoms with Crippen LogP contribution in [0, 0.1) is 0 Å². The summed E-state index contributed by atoms with van der Waals surface area (Å²) in [6, 6.07) is 4.64. The summed E-state index contributed by atoms with van der Waals surface area (Å²) in [6.45, 7) is -1.52. The molecule has 0 bridgehead atoms. The quantitative estimate of drug-likeness (QED) is 0.467. The third-order valence-electron chi connectivity index (χ3n) is 3.15. The number of aliphatic hydroxyl groups is 2. The molecule has 1 aromatic rings. The number of anilines is 1. The van der Waals surface area contributed by atoms with Crippen molar-refractivity contribution < 1.29 is 32.9 Å². The number of rotatable bonds is 4. The summed E-state index contributed by atoms with van der Waals surface area (Å²) in [4.78, 5) is 15.4. The lowest BCUT2D eigenvalue weighted by atomic mass is 10.0. The minimum Gasteiger partial charge on any atom is -0.457 e. The SMILES string of the molecule is O=C1OCC(CO)(CO)N=C1NNc1ccccc1C(F)(F)F. The third kappa shape index (κ3) is 3.71. The van der Waals surface area contributed by atoms with Crippen LogP contribution in [-0.2, 0) is 15.7 Å². The molecule has 0 aliphatic carbocycles. The number of aliphatic imine (C=N–C) groups is 1. The summed E-state index contributed by atoms with van der Waals surface area (Å²) < 4.78 is 43.4. The van der Waals surface area contributed by atoms with E-state index in [4.69, 9.17) is 4.74 Å². The number of ether oxygens (including phenoxy) is 1. The van der Waals surface area contributed by atoms with Crippen LogP contribution in [0.1, 0.15) is 5.56 Å². The molecule has 1 aromatic carbocycles. The molecule has 4 N–H and O–H groups in total. The molecule has 10 heteroatoms. The standard InChI is InChI=1S/C13H14F3N3O4/c14-13(15,16)8-3-1-2-4-9(8)18-19-10-11(22)23-7-12(5-20,6-21)17-10/h1-4,18,20-21H,5-7H2,(H,17,19). The van der Waals surface area contributed by atoms with Crippen LogP contribution in [0.5, 0.6) is 0 Å². The van der Waals surface area contributed by atoms with E-state index in [2.05, 4.69) is 15.8 Å². The van der Waals surface area contributed by atoms with Crippen molar-refractivity contribution in [2.45, 2.75) is 11.7 Å². The number of carbonyl (C=O) groups is 1. The van der Waals surface area contributed by atoms with Crippen LogP contribution in [-0.4, -0.2) is 47.4 Å². The van der Waals surface area contributed by atoms with Crippen molar-refractivity contribution in [1.82, 2.24) is 5.43 Å². The average molecular weight is 333 g/mol. The van der Waals surface area contributed by atoms with Crippen molar-refractivity contribution in [3.63, 3.8) is 0 Å². The zero-order valence-corrected chi connectivity index (χ0v) is 11.7. The minimum absolute atomic E-state index is 0.320. The number of hydrogen-bond donors (Lipinski definition) is 4. The van der Waals surface area contributed by atoms with Crippen LogP contribution < -0.4 is 10.9 Å². The maximum Gasteiger partial charge on any atom is 0.418 e. The summed E-state index contributed by atoms with van der Waals surface area (Å²) >= 11 is 0. The number of para-hydroxylation sites is 1. The lowest BCUT2D eigenvalue weighted by Gasteiger charge is -2.30. The molecule has 126 valence electrons. The Morgan fingerprint density at radius 1 is 1.22 bits per heavy atom. The largest absolute Gasteiger partial charge is 0.457 e. The van der Waals surface area contributed by atoms with Gasteiger partial charge in [0.05, 0.1) is 24.5 Å². The van der Waals surface area contributed by atoms with Crippen LogP contribution in [0.15, 0.2) is 29.3 Å². The van der Waals surface area contributed by atoms with Crippen LogP contribution in [0.2, 0.25) is 0 Å². The molecule has 7 nitrogen and oxygen atoms in total. The molecular formula is C13H14F3N3O4. The van der Waals surface area contributed by atoms with E-state index >= 15 is 0 Å². The fourth-order valence-corrected chi connectivity index (χ4v) is 1.84. The number of nitrogens with zero attached hydrogens (tertiary/aromatic N) is 1. The molecule has 1 heterocycles. The van der Waals surface area contributed by atoms with E-state index in [0.717, 1.165) is 12.1 Å². The van der Waals surface area contributed by atoms with Gasteiger partial charge in [-0.3, -0.25) is 10.9 Å². The summed E-state index contributed by atoms with van der Waals surface area (Å²) in [5.74, 6) is -1.36. The predicted molar refractivity (Wildman–Crippen MR) is 73.5 cm³/mol. The van der Waals surface area contributed by atoms with Gasteiger partial charge in [-0.2, -0.15) is 13.2 Å². The van der Waals surface area contributed by atoms with Crippen LogP contribution >= 0.6 is 0 Å². The Bertz CT molecular complexity index is 615. The molecule has 0 saturated heterocycles. The molecule has 0 fully saturated rings. The molecule has 0 saturated carbocycles. The topological polar surface area (TPSA) is 103 Å². The van der Waals surface area contributed by atoms with Crippen LogP contribution in [0.3, 0.4) is 0 Å². The number of benzene rings is 1. The first-order valence-electron chi connectivity index (χ1n) is 6.48. The van der Waals surface area contributed by atoms with Crippen molar-refractivity contribution in [3.05, 3.63) is 29.8 Å². The fourth-order valence-electron chi connectivity index (χ4n) is 1.84. The first kappa shape index (κ1) is 17.0. The average Bonchev–Trinajstić information content (AvgIpc) is 2.54. The van der Waals surface area contributed by atoms with Gasteiger partial charge in [-0.15, -0.1) is 0 Å². The van der Waals surface area contributed by atoms with Gasteiger partial charge in [0.1, 0.15) is 12.1 Å². The van der Waals surface area contributed by atoms with Crippen molar-refractivity contribution >= 4 is 17.5 Å². The minimum atomic E-state index is -4.58. The smallest absolute Gasteiger partial charge is 0.418 e. The second-order valence-corrected chi connectivity index (χ2v) is 4.87. The molecule has 0 amide bonds. The van der Waals surface area contributed by atoms with Crippen LogP contribution in [0.25, 0.3) is 0 Å². The number of esters is 1. The van der Waals surface area contributed by atoms with Gasteiger partial charge in [-0.05, 0) is 12.1 Å². The van der Waals surface area contributed by atoms with Gasteiger partial charge in [0.25, 0.3) is 0 Å². The molecule has 0 aromatic heterocycles. The molecule has 0 spiro atoms. The first-order valence-corrected chi connectivity index (χ1v) is 6.48. The summed E-state index contributed by atoms with van der Waals surface area (Å²) in [6.07, 6.45) is -4.58. The van der Waals surface area contributed by atoms with E-state index in [9.17, 15) is 28.2 Å². The highest BCUT2D eigenvalue weighted by molar-refractivity contribution is 6.36. The maximum atomic E-state index is 12.9.